The largest absolute Gasteiger partial charge is 0.494 e. The number of nitrogens with one attached hydrogen (secondary N) is 1. The molecule has 0 spiro atoms. The molecule has 0 fully saturated rings. The van der Waals surface area contributed by atoms with E-state index in [-0.39, 0.29) is 0 Å². The molecule has 0 saturated carbocycles. The van der Waals surface area contributed by atoms with Gasteiger partial charge in [0.15, 0.2) is 6.04 Å². The Morgan fingerprint density at radius 3 is 2.45 bits per heavy atom. The lowest BCUT2D eigenvalue weighted by atomic mass is 10.1. The van der Waals surface area contributed by atoms with Gasteiger partial charge in [-0.05, 0) is 37.1 Å². The molecule has 0 aliphatic carbocycles. The Kier molecular flexibility index (Phi) is 7.12. The van der Waals surface area contributed by atoms with Crippen LogP contribution in [0.5, 0.6) is 5.75 Å². The van der Waals surface area contributed by atoms with Crippen LogP contribution in [0.3, 0.4) is 0 Å². The molecule has 0 heterocycles. The molecule has 0 radical (unpaired) electrons. The van der Waals surface area contributed by atoms with Gasteiger partial charge >= 0.3 is 5.97 Å². The van der Waals surface area contributed by atoms with Crippen LogP contribution in [-0.4, -0.2) is 40.8 Å². The molecule has 0 saturated heterocycles. The Balaban J connectivity index is 2.59. The van der Waals surface area contributed by atoms with E-state index in [1.165, 1.54) is 13.0 Å². The maximum atomic E-state index is 11.6. The number of aliphatic hydroxyl groups is 1. The van der Waals surface area contributed by atoms with Crippen molar-refractivity contribution in [3.8, 4) is 5.75 Å². The van der Waals surface area contributed by atoms with Gasteiger partial charge in [-0.25, -0.2) is 4.79 Å². The molecule has 0 aliphatic heterocycles. The predicted octanol–water partition coefficient (Wildman–Crippen LogP) is 1.44. The summed E-state index contributed by atoms with van der Waals surface area (Å²) >= 11 is 0. The fraction of sp³-hybridized carbons (Fsp3) is 0.375. The monoisotopic (exact) mass is 307 g/mol. The Morgan fingerprint density at radius 2 is 1.95 bits per heavy atom. The second kappa shape index (κ2) is 8.84. The maximum absolute atomic E-state index is 11.6. The lowest BCUT2D eigenvalue weighted by Gasteiger charge is -2.15. The normalized spacial score (nSPS) is 13.6. The maximum Gasteiger partial charge on any atom is 0.328 e. The first-order valence-electron chi connectivity index (χ1n) is 7.06. The average molecular weight is 307 g/mol. The van der Waals surface area contributed by atoms with Gasteiger partial charge in [0.1, 0.15) is 5.75 Å². The number of ether oxygens (including phenoxy) is 1. The van der Waals surface area contributed by atoms with E-state index >= 15 is 0 Å². The highest BCUT2D eigenvalue weighted by Crippen LogP contribution is 2.13. The van der Waals surface area contributed by atoms with Gasteiger partial charge in [-0.3, -0.25) is 4.79 Å². The van der Waals surface area contributed by atoms with E-state index in [0.29, 0.717) is 6.61 Å². The molecule has 1 rings (SSSR count). The third-order valence-corrected chi connectivity index (χ3v) is 2.83. The first kappa shape index (κ1) is 17.7. The second-order valence-electron chi connectivity index (χ2n) is 4.82. The van der Waals surface area contributed by atoms with Gasteiger partial charge in [-0.15, -0.1) is 0 Å². The van der Waals surface area contributed by atoms with Crippen LogP contribution in [0.15, 0.2) is 30.3 Å². The van der Waals surface area contributed by atoms with Crippen LogP contribution in [0, 0.1) is 0 Å². The number of hydrogen-bond donors (Lipinski definition) is 3. The standard InChI is InChI=1S/C16H21NO5/c1-3-10-22-13-7-4-12(5-8-13)6-9-14(19)17-15(11(2)18)16(20)21/h4-9,11,15,18H,3,10H2,1-2H3,(H,17,19)(H,20,21)/b9-6+. The summed E-state index contributed by atoms with van der Waals surface area (Å²) in [7, 11) is 0. The van der Waals surface area contributed by atoms with Crippen molar-refractivity contribution in [3.05, 3.63) is 35.9 Å². The summed E-state index contributed by atoms with van der Waals surface area (Å²) in [4.78, 5) is 22.5. The highest BCUT2D eigenvalue weighted by molar-refractivity contribution is 5.94. The molecule has 6 nitrogen and oxygen atoms in total. The minimum Gasteiger partial charge on any atom is -0.494 e. The van der Waals surface area contributed by atoms with E-state index in [0.717, 1.165) is 17.7 Å². The SMILES string of the molecule is CCCOc1ccc(/C=C/C(=O)NC(C(=O)O)C(C)O)cc1. The number of carboxylic acid groups (broad SMARTS) is 1. The Morgan fingerprint density at radius 1 is 1.32 bits per heavy atom. The fourth-order valence-electron chi connectivity index (χ4n) is 1.66. The van der Waals surface area contributed by atoms with Crippen LogP contribution >= 0.6 is 0 Å². The molecule has 3 N–H and O–H groups in total. The van der Waals surface area contributed by atoms with E-state index in [1.807, 2.05) is 6.92 Å². The third-order valence-electron chi connectivity index (χ3n) is 2.83. The zero-order valence-corrected chi connectivity index (χ0v) is 12.7. The number of rotatable bonds is 8. The van der Waals surface area contributed by atoms with E-state index in [4.69, 9.17) is 9.84 Å². The predicted molar refractivity (Wildman–Crippen MR) is 82.5 cm³/mol. The average Bonchev–Trinajstić information content (AvgIpc) is 2.49. The van der Waals surface area contributed by atoms with Gasteiger partial charge in [0.25, 0.3) is 0 Å². The summed E-state index contributed by atoms with van der Waals surface area (Å²) in [5, 5.41) is 20.4. The summed E-state index contributed by atoms with van der Waals surface area (Å²) in [6.07, 6.45) is 2.53. The quantitative estimate of drug-likeness (QED) is 0.632. The van der Waals surface area contributed by atoms with Gasteiger partial charge in [0, 0.05) is 6.08 Å². The zero-order chi connectivity index (χ0) is 16.5. The number of amides is 1. The molecular weight excluding hydrogens is 286 g/mol. The van der Waals surface area contributed by atoms with Gasteiger partial charge in [-0.1, -0.05) is 19.1 Å². The fourth-order valence-corrected chi connectivity index (χ4v) is 1.66. The van der Waals surface area contributed by atoms with Gasteiger partial charge < -0.3 is 20.3 Å². The highest BCUT2D eigenvalue weighted by atomic mass is 16.5. The molecule has 0 aromatic heterocycles. The molecule has 2 unspecified atom stereocenters. The molecule has 1 aromatic carbocycles. The molecular formula is C16H21NO5. The number of carbonyl (C=O) groups is 2. The number of aliphatic carboxylic acids is 1. The van der Waals surface area contributed by atoms with Crippen molar-refractivity contribution in [2.75, 3.05) is 6.61 Å². The lowest BCUT2D eigenvalue weighted by Crippen LogP contribution is -2.47. The Labute approximate surface area is 129 Å². The van der Waals surface area contributed by atoms with Crippen LogP contribution in [-0.2, 0) is 9.59 Å². The molecule has 120 valence electrons. The van der Waals surface area contributed by atoms with Crippen molar-refractivity contribution in [2.45, 2.75) is 32.4 Å². The smallest absolute Gasteiger partial charge is 0.328 e. The molecule has 0 bridgehead atoms. The molecule has 0 aliphatic rings. The molecule has 22 heavy (non-hydrogen) atoms. The van der Waals surface area contributed by atoms with Crippen molar-refractivity contribution >= 4 is 18.0 Å². The van der Waals surface area contributed by atoms with E-state index < -0.39 is 24.0 Å². The van der Waals surface area contributed by atoms with Crippen LogP contribution < -0.4 is 10.1 Å². The minimum atomic E-state index is -1.33. The first-order valence-corrected chi connectivity index (χ1v) is 7.06. The van der Waals surface area contributed by atoms with Crippen molar-refractivity contribution in [1.29, 1.82) is 0 Å². The van der Waals surface area contributed by atoms with Gasteiger partial charge in [0.05, 0.1) is 12.7 Å². The van der Waals surface area contributed by atoms with Crippen LogP contribution in [0.1, 0.15) is 25.8 Å². The summed E-state index contributed by atoms with van der Waals surface area (Å²) in [6.45, 7) is 3.97. The van der Waals surface area contributed by atoms with Crippen molar-refractivity contribution in [2.24, 2.45) is 0 Å². The molecule has 1 amide bonds. The van der Waals surface area contributed by atoms with E-state index in [9.17, 15) is 14.7 Å². The van der Waals surface area contributed by atoms with Gasteiger partial charge in [-0.2, -0.15) is 0 Å². The van der Waals surface area contributed by atoms with Gasteiger partial charge in [0.2, 0.25) is 5.91 Å². The lowest BCUT2D eigenvalue weighted by molar-refractivity contribution is -0.144. The zero-order valence-electron chi connectivity index (χ0n) is 12.7. The molecule has 2 atom stereocenters. The second-order valence-corrected chi connectivity index (χ2v) is 4.82. The van der Waals surface area contributed by atoms with Crippen LogP contribution in [0.4, 0.5) is 0 Å². The van der Waals surface area contributed by atoms with Crippen molar-refractivity contribution < 1.29 is 24.5 Å². The first-order chi connectivity index (χ1) is 10.4. The Bertz CT molecular complexity index is 522. The minimum absolute atomic E-state index is 0.584. The highest BCUT2D eigenvalue weighted by Gasteiger charge is 2.23. The topological polar surface area (TPSA) is 95.9 Å². The number of carboxylic acids is 1. The van der Waals surface area contributed by atoms with Crippen LogP contribution in [0.2, 0.25) is 0 Å². The summed E-state index contributed by atoms with van der Waals surface area (Å²) in [5.74, 6) is -1.11. The van der Waals surface area contributed by atoms with E-state index in [2.05, 4.69) is 5.32 Å². The summed E-state index contributed by atoms with van der Waals surface area (Å²) in [5.41, 5.74) is 0.780. The third kappa shape index (κ3) is 5.97. The van der Waals surface area contributed by atoms with Crippen molar-refractivity contribution in [1.82, 2.24) is 5.32 Å². The summed E-state index contributed by atoms with van der Waals surface area (Å²) in [6, 6.07) is 5.84. The molecule has 1 aromatic rings. The number of aliphatic hydroxyl groups excluding tert-OH is 1. The van der Waals surface area contributed by atoms with E-state index in [1.54, 1.807) is 30.3 Å². The summed E-state index contributed by atoms with van der Waals surface area (Å²) < 4.78 is 5.44. The number of benzene rings is 1. The number of hydrogen-bond acceptors (Lipinski definition) is 4. The van der Waals surface area contributed by atoms with Crippen LogP contribution in [0.25, 0.3) is 6.08 Å². The Hall–Kier alpha value is -2.34. The number of carbonyl (C=O) groups excluding carboxylic acids is 1. The van der Waals surface area contributed by atoms with Crippen molar-refractivity contribution in [3.63, 3.8) is 0 Å². The molecule has 6 heteroatoms.